The molecular formula is C25H35F3O5SSi. The molecule has 3 rings (SSSR count). The number of hydrogen-bond donors (Lipinski definition) is 1. The van der Waals surface area contributed by atoms with Crippen molar-refractivity contribution in [2.75, 3.05) is 7.11 Å². The van der Waals surface area contributed by atoms with E-state index in [1.54, 1.807) is 0 Å². The van der Waals surface area contributed by atoms with E-state index in [9.17, 15) is 26.7 Å². The highest BCUT2D eigenvalue weighted by atomic mass is 32.2. The molecule has 0 amide bonds. The minimum absolute atomic E-state index is 0.142. The lowest BCUT2D eigenvalue weighted by Gasteiger charge is -2.40. The molecule has 0 spiro atoms. The van der Waals surface area contributed by atoms with Gasteiger partial charge in [-0.3, -0.25) is 0 Å². The quantitative estimate of drug-likeness (QED) is 0.242. The highest BCUT2D eigenvalue weighted by molar-refractivity contribution is 7.88. The van der Waals surface area contributed by atoms with Crippen LogP contribution in [0.2, 0.25) is 19.6 Å². The number of methoxy groups -OCH3 is 1. The monoisotopic (exact) mass is 532 g/mol. The number of hydrogen-bond acceptors (Lipinski definition) is 5. The highest BCUT2D eigenvalue weighted by Crippen LogP contribution is 2.55. The molecule has 0 unspecified atom stereocenters. The van der Waals surface area contributed by atoms with Gasteiger partial charge >= 0.3 is 15.6 Å². The average molecular weight is 533 g/mol. The second-order valence-corrected chi connectivity index (χ2v) is 17.4. The molecule has 2 aliphatic carbocycles. The lowest BCUT2D eigenvalue weighted by molar-refractivity contribution is -0.0500. The minimum atomic E-state index is -5.80. The molecule has 1 aromatic carbocycles. The van der Waals surface area contributed by atoms with Crippen LogP contribution in [-0.4, -0.2) is 40.3 Å². The Morgan fingerprint density at radius 2 is 1.83 bits per heavy atom. The van der Waals surface area contributed by atoms with Crippen LogP contribution in [0, 0.1) is 5.41 Å². The van der Waals surface area contributed by atoms with Gasteiger partial charge in [0.2, 0.25) is 0 Å². The summed E-state index contributed by atoms with van der Waals surface area (Å²) in [5, 5.41) is 12.0. The maximum Gasteiger partial charge on any atom is 0.534 e. The van der Waals surface area contributed by atoms with Gasteiger partial charge < -0.3 is 14.0 Å². The second kappa shape index (κ2) is 9.59. The van der Waals surface area contributed by atoms with Crippen LogP contribution in [0.3, 0.4) is 0 Å². The lowest BCUT2D eigenvalue weighted by Crippen LogP contribution is -2.34. The van der Waals surface area contributed by atoms with Crippen LogP contribution < -0.4 is 8.92 Å². The average Bonchev–Trinajstić information content (AvgIpc) is 3.04. The number of benzene rings is 1. The zero-order valence-electron chi connectivity index (χ0n) is 21.2. The van der Waals surface area contributed by atoms with Gasteiger partial charge in [-0.15, -0.1) is 0 Å². The van der Waals surface area contributed by atoms with Gasteiger partial charge in [-0.1, -0.05) is 44.3 Å². The Morgan fingerprint density at radius 3 is 2.37 bits per heavy atom. The zero-order valence-corrected chi connectivity index (χ0v) is 23.0. The Bertz CT molecular complexity index is 1150. The van der Waals surface area contributed by atoms with Crippen molar-refractivity contribution in [3.8, 4) is 11.5 Å². The number of aliphatic hydroxyl groups excluding tert-OH is 1. The molecule has 1 saturated carbocycles. The van der Waals surface area contributed by atoms with Gasteiger partial charge in [-0.2, -0.15) is 21.6 Å². The Kier molecular flexibility index (Phi) is 7.62. The van der Waals surface area contributed by atoms with E-state index in [1.165, 1.54) is 41.7 Å². The van der Waals surface area contributed by atoms with Crippen LogP contribution in [-0.2, 0) is 16.5 Å². The van der Waals surface area contributed by atoms with Crippen molar-refractivity contribution in [1.29, 1.82) is 0 Å². The Morgan fingerprint density at radius 1 is 1.17 bits per heavy atom. The molecule has 10 heteroatoms. The number of aryl methyl sites for hydroxylation is 1. The summed E-state index contributed by atoms with van der Waals surface area (Å²) in [6.07, 6.45) is 3.38. The third-order valence-electron chi connectivity index (χ3n) is 7.17. The number of halogens is 3. The summed E-state index contributed by atoms with van der Waals surface area (Å²) in [6.45, 7) is 11.2. The maximum atomic E-state index is 13.0. The van der Waals surface area contributed by atoms with Gasteiger partial charge in [0.15, 0.2) is 0 Å². The maximum absolute atomic E-state index is 13.0. The molecule has 1 N–H and O–H groups in total. The van der Waals surface area contributed by atoms with Gasteiger partial charge in [-0.05, 0) is 78.8 Å². The van der Waals surface area contributed by atoms with Gasteiger partial charge in [-0.25, -0.2) is 0 Å². The smallest absolute Gasteiger partial charge is 0.497 e. The van der Waals surface area contributed by atoms with Crippen molar-refractivity contribution in [3.63, 3.8) is 0 Å². The Labute approximate surface area is 207 Å². The van der Waals surface area contributed by atoms with E-state index in [2.05, 4.69) is 37.7 Å². The minimum Gasteiger partial charge on any atom is -0.497 e. The first-order valence-corrected chi connectivity index (χ1v) is 16.7. The molecule has 5 nitrogen and oxygen atoms in total. The van der Waals surface area contributed by atoms with Crippen molar-refractivity contribution in [2.45, 2.75) is 83.6 Å². The first kappa shape index (κ1) is 27.8. The van der Waals surface area contributed by atoms with E-state index < -0.39 is 29.8 Å². The Balaban J connectivity index is 2.05. The number of ether oxygens (including phenoxy) is 1. The fourth-order valence-electron chi connectivity index (χ4n) is 5.56. The lowest BCUT2D eigenvalue weighted by atomic mass is 9.72. The third-order valence-corrected chi connectivity index (χ3v) is 10.4. The molecule has 0 heterocycles. The molecule has 0 saturated heterocycles. The molecule has 2 aliphatic rings. The van der Waals surface area contributed by atoms with E-state index in [4.69, 9.17) is 4.74 Å². The summed E-state index contributed by atoms with van der Waals surface area (Å²) >= 11 is 0. The van der Waals surface area contributed by atoms with Crippen LogP contribution >= 0.6 is 0 Å². The second-order valence-electron chi connectivity index (χ2n) is 10.8. The topological polar surface area (TPSA) is 72.8 Å². The summed E-state index contributed by atoms with van der Waals surface area (Å²) in [4.78, 5) is 0. The summed E-state index contributed by atoms with van der Waals surface area (Å²) in [7, 11) is -6.05. The summed E-state index contributed by atoms with van der Waals surface area (Å²) < 4.78 is 72.1. The molecular weight excluding hydrogens is 497 g/mol. The molecule has 2 atom stereocenters. The predicted octanol–water partition coefficient (Wildman–Crippen LogP) is 6.30. The predicted molar refractivity (Wildman–Crippen MR) is 133 cm³/mol. The summed E-state index contributed by atoms with van der Waals surface area (Å²) in [5.41, 5.74) is -1.68. The van der Waals surface area contributed by atoms with E-state index in [0.29, 0.717) is 30.6 Å². The van der Waals surface area contributed by atoms with Crippen molar-refractivity contribution in [3.05, 3.63) is 45.7 Å². The first-order chi connectivity index (χ1) is 16.0. The van der Waals surface area contributed by atoms with Crippen LogP contribution in [0.25, 0.3) is 0 Å². The van der Waals surface area contributed by atoms with Gasteiger partial charge in [0, 0.05) is 0 Å². The molecule has 1 fully saturated rings. The molecule has 0 radical (unpaired) electrons. The van der Waals surface area contributed by atoms with Crippen molar-refractivity contribution in [2.24, 2.45) is 5.41 Å². The largest absolute Gasteiger partial charge is 0.534 e. The molecule has 0 bridgehead atoms. The van der Waals surface area contributed by atoms with Gasteiger partial charge in [0.1, 0.15) is 11.5 Å². The van der Waals surface area contributed by atoms with Gasteiger partial charge in [0.05, 0.1) is 21.3 Å². The van der Waals surface area contributed by atoms with Crippen LogP contribution in [0.15, 0.2) is 40.1 Å². The number of aliphatic hydroxyl groups is 1. The fourth-order valence-corrected chi connectivity index (χ4v) is 8.20. The van der Waals surface area contributed by atoms with E-state index in [-0.39, 0.29) is 17.6 Å². The molecule has 35 heavy (non-hydrogen) atoms. The van der Waals surface area contributed by atoms with Crippen LogP contribution in [0.4, 0.5) is 13.2 Å². The molecule has 0 aromatic heterocycles. The third kappa shape index (κ3) is 5.64. The highest BCUT2D eigenvalue weighted by Gasteiger charge is 2.49. The normalized spacial score (nSPS) is 23.5. The van der Waals surface area contributed by atoms with E-state index in [1.807, 2.05) is 0 Å². The van der Waals surface area contributed by atoms with Gasteiger partial charge in [0.25, 0.3) is 0 Å². The SMILES string of the molecule is CCC1=C([Si](C)(C)C)C[C@]2(C)C[C@H](O)CC2=C1CCc1cc(OC)ccc1OS(=O)(=O)C(F)(F)F. The fraction of sp³-hybridized carbons (Fsp3) is 0.600. The first-order valence-electron chi connectivity index (χ1n) is 11.8. The van der Waals surface area contributed by atoms with Crippen molar-refractivity contribution >= 4 is 18.2 Å². The number of rotatable bonds is 8. The zero-order chi connectivity index (χ0) is 26.4. The Hall–Kier alpha value is -1.78. The van der Waals surface area contributed by atoms with Crippen molar-refractivity contribution < 1.29 is 35.6 Å². The van der Waals surface area contributed by atoms with Crippen LogP contribution in [0.5, 0.6) is 11.5 Å². The standard InChI is InChI=1S/C25H35F3O5SSi/c1-7-19-20(21-13-17(29)14-24(21,2)15-23(19)35(4,5)6)10-8-16-12-18(32-3)9-11-22(16)33-34(30,31)25(26,27)28/h9,11-12,17,29H,7-8,10,13-15H2,1-6H3/t17-,24+/m1/s1. The molecule has 1 aromatic rings. The van der Waals surface area contributed by atoms with E-state index in [0.717, 1.165) is 18.4 Å². The molecule has 0 aliphatic heterocycles. The van der Waals surface area contributed by atoms with Crippen molar-refractivity contribution in [1.82, 2.24) is 0 Å². The van der Waals surface area contributed by atoms with Crippen LogP contribution in [0.1, 0.15) is 51.5 Å². The number of allylic oxidation sites excluding steroid dienone is 3. The summed E-state index contributed by atoms with van der Waals surface area (Å²) in [6, 6.07) is 4.09. The molecule has 196 valence electrons. The van der Waals surface area contributed by atoms with E-state index >= 15 is 0 Å². The summed E-state index contributed by atoms with van der Waals surface area (Å²) in [5.74, 6) is 0.0411. The number of fused-ring (bicyclic) bond motifs is 1. The number of alkyl halides is 3.